The number of nitrogens with one attached hydrogen (secondary N) is 2. The van der Waals surface area contributed by atoms with Crippen LogP contribution in [0.4, 0.5) is 10.2 Å². The van der Waals surface area contributed by atoms with Crippen molar-refractivity contribution >= 4 is 34.4 Å². The molecule has 1 aliphatic heterocycles. The lowest BCUT2D eigenvalue weighted by Crippen LogP contribution is -2.40. The van der Waals surface area contributed by atoms with Gasteiger partial charge in [-0.3, -0.25) is 4.79 Å². The van der Waals surface area contributed by atoms with Crippen LogP contribution in [0.5, 0.6) is 0 Å². The Labute approximate surface area is 238 Å². The lowest BCUT2D eigenvalue weighted by atomic mass is 9.98. The van der Waals surface area contributed by atoms with Gasteiger partial charge in [0.15, 0.2) is 17.5 Å². The van der Waals surface area contributed by atoms with Gasteiger partial charge in [-0.1, -0.05) is 73.9 Å². The molecule has 0 saturated heterocycles. The number of halogens is 2. The predicted octanol–water partition coefficient (Wildman–Crippen LogP) is 7.09. The number of anilines is 1. The summed E-state index contributed by atoms with van der Waals surface area (Å²) < 4.78 is 15.0. The van der Waals surface area contributed by atoms with Crippen molar-refractivity contribution in [3.63, 3.8) is 0 Å². The van der Waals surface area contributed by atoms with Crippen molar-refractivity contribution in [2.75, 3.05) is 5.32 Å². The summed E-state index contributed by atoms with van der Waals surface area (Å²) in [5.74, 6) is 0.0290. The van der Waals surface area contributed by atoms with E-state index in [1.165, 1.54) is 6.20 Å². The van der Waals surface area contributed by atoms with Gasteiger partial charge in [-0.15, -0.1) is 0 Å². The van der Waals surface area contributed by atoms with Crippen molar-refractivity contribution in [2.24, 2.45) is 0 Å². The van der Waals surface area contributed by atoms with Crippen LogP contribution in [0.2, 0.25) is 5.02 Å². The number of aromatic amines is 1. The minimum atomic E-state index is -0.531. The molecule has 1 aliphatic rings. The molecule has 206 valence electrons. The number of hydrogen-bond donors (Lipinski definition) is 2. The van der Waals surface area contributed by atoms with E-state index >= 15 is 0 Å². The molecule has 1 aromatic carbocycles. The summed E-state index contributed by atoms with van der Waals surface area (Å²) in [5.41, 5.74) is 2.47. The first-order valence-corrected chi connectivity index (χ1v) is 14.0. The zero-order valence-corrected chi connectivity index (χ0v) is 23.1. The van der Waals surface area contributed by atoms with Crippen LogP contribution >= 0.6 is 11.6 Å². The molecular formula is C31H32ClFN6O. The smallest absolute Gasteiger partial charge is 0.227 e. The number of hydrogen-bond acceptors (Lipinski definition) is 5. The van der Waals surface area contributed by atoms with Crippen LogP contribution in [0.25, 0.3) is 22.4 Å². The molecule has 0 fully saturated rings. The second-order valence-electron chi connectivity index (χ2n) is 9.94. The van der Waals surface area contributed by atoms with E-state index in [4.69, 9.17) is 11.6 Å². The van der Waals surface area contributed by atoms with Gasteiger partial charge in [-0.05, 0) is 37.0 Å². The number of carbonyl (C=O) groups excluding carboxylic acids is 1. The van der Waals surface area contributed by atoms with Crippen molar-refractivity contribution in [1.82, 2.24) is 24.8 Å². The minimum Gasteiger partial charge on any atom is -0.365 e. The quantitative estimate of drug-likeness (QED) is 0.205. The first-order chi connectivity index (χ1) is 19.5. The largest absolute Gasteiger partial charge is 0.365 e. The topological polar surface area (TPSA) is 86.8 Å². The third kappa shape index (κ3) is 6.57. The lowest BCUT2D eigenvalue weighted by Gasteiger charge is -2.32. The molecule has 0 radical (unpaired) electrons. The highest BCUT2D eigenvalue weighted by Crippen LogP contribution is 2.29. The van der Waals surface area contributed by atoms with Crippen LogP contribution in [0.1, 0.15) is 44.6 Å². The average molecular weight is 559 g/mol. The number of unbranched alkanes of at least 4 members (excludes halogenated alkanes) is 1. The molecule has 2 atom stereocenters. The van der Waals surface area contributed by atoms with Gasteiger partial charge in [0.05, 0.1) is 17.3 Å². The third-order valence-electron chi connectivity index (χ3n) is 7.06. The second kappa shape index (κ2) is 12.9. The number of amides is 1. The molecule has 1 amide bonds. The zero-order valence-electron chi connectivity index (χ0n) is 22.4. The lowest BCUT2D eigenvalue weighted by molar-refractivity contribution is -0.129. The number of rotatable bonds is 11. The van der Waals surface area contributed by atoms with Crippen LogP contribution in [0.3, 0.4) is 0 Å². The normalized spacial score (nSPS) is 15.5. The van der Waals surface area contributed by atoms with Gasteiger partial charge in [0.2, 0.25) is 5.91 Å². The minimum absolute atomic E-state index is 0.0609. The van der Waals surface area contributed by atoms with Crippen molar-refractivity contribution in [3.8, 4) is 11.4 Å². The third-order valence-corrected chi connectivity index (χ3v) is 7.27. The van der Waals surface area contributed by atoms with Gasteiger partial charge >= 0.3 is 0 Å². The summed E-state index contributed by atoms with van der Waals surface area (Å²) in [7, 11) is 0. The van der Waals surface area contributed by atoms with E-state index in [-0.39, 0.29) is 23.8 Å². The van der Waals surface area contributed by atoms with Gasteiger partial charge in [-0.25, -0.2) is 19.3 Å². The van der Waals surface area contributed by atoms with Crippen molar-refractivity contribution in [1.29, 1.82) is 0 Å². The Kier molecular flexibility index (Phi) is 8.86. The highest BCUT2D eigenvalue weighted by atomic mass is 35.5. The summed E-state index contributed by atoms with van der Waals surface area (Å²) >= 11 is 6.16. The molecule has 5 rings (SSSR count). The maximum absolute atomic E-state index is 15.0. The maximum Gasteiger partial charge on any atom is 0.227 e. The molecule has 4 heterocycles. The van der Waals surface area contributed by atoms with Gasteiger partial charge in [0, 0.05) is 42.0 Å². The molecule has 0 aliphatic carbocycles. The molecule has 2 N–H and O–H groups in total. The molecule has 3 aromatic heterocycles. The maximum atomic E-state index is 15.0. The number of H-pyrrole nitrogens is 1. The Morgan fingerprint density at radius 1 is 1.20 bits per heavy atom. The number of carbonyl (C=O) groups is 1. The summed E-state index contributed by atoms with van der Waals surface area (Å²) in [6, 6.07) is 11.5. The number of aromatic nitrogens is 4. The van der Waals surface area contributed by atoms with Crippen LogP contribution < -0.4 is 5.32 Å². The number of allylic oxidation sites excluding steroid dienone is 2. The van der Waals surface area contributed by atoms with Crippen LogP contribution in [0, 0.1) is 5.82 Å². The average Bonchev–Trinajstić information content (AvgIpc) is 3.39. The van der Waals surface area contributed by atoms with E-state index in [0.717, 1.165) is 30.2 Å². The highest BCUT2D eigenvalue weighted by Gasteiger charge is 2.25. The van der Waals surface area contributed by atoms with Gasteiger partial charge in [0.1, 0.15) is 5.65 Å². The molecule has 0 spiro atoms. The molecule has 1 unspecified atom stereocenters. The Morgan fingerprint density at radius 2 is 2.05 bits per heavy atom. The van der Waals surface area contributed by atoms with Gasteiger partial charge in [0.25, 0.3) is 0 Å². The van der Waals surface area contributed by atoms with Crippen LogP contribution in [0.15, 0.2) is 79.4 Å². The van der Waals surface area contributed by atoms with E-state index in [9.17, 15) is 9.18 Å². The van der Waals surface area contributed by atoms with Crippen molar-refractivity contribution in [2.45, 2.75) is 57.5 Å². The van der Waals surface area contributed by atoms with Gasteiger partial charge in [-0.2, -0.15) is 0 Å². The van der Waals surface area contributed by atoms with Gasteiger partial charge < -0.3 is 15.2 Å². The molecule has 7 nitrogen and oxygen atoms in total. The molecule has 0 bridgehead atoms. The first kappa shape index (κ1) is 27.5. The SMILES string of the molecule is CCCCC(C[C@@H]1C=CC=CN1C(=O)CCc1ccccc1)Nc1nc(-c2c[nH]c3ncc(Cl)cc23)ncc1F. The monoisotopic (exact) mass is 558 g/mol. The fourth-order valence-corrected chi connectivity index (χ4v) is 5.13. The molecular weight excluding hydrogens is 527 g/mol. The molecule has 0 saturated carbocycles. The molecule has 4 aromatic rings. The predicted molar refractivity (Wildman–Crippen MR) is 157 cm³/mol. The van der Waals surface area contributed by atoms with Crippen molar-refractivity contribution < 1.29 is 9.18 Å². The fourth-order valence-electron chi connectivity index (χ4n) is 4.97. The van der Waals surface area contributed by atoms with Crippen LogP contribution in [-0.2, 0) is 11.2 Å². The van der Waals surface area contributed by atoms with Crippen molar-refractivity contribution in [3.05, 3.63) is 95.8 Å². The first-order valence-electron chi connectivity index (χ1n) is 13.6. The fraction of sp³-hybridized carbons (Fsp3) is 0.290. The number of aryl methyl sites for hydroxylation is 1. The Morgan fingerprint density at radius 3 is 2.88 bits per heavy atom. The van der Waals surface area contributed by atoms with Crippen LogP contribution in [-0.4, -0.2) is 42.8 Å². The van der Waals surface area contributed by atoms with E-state index in [2.05, 4.69) is 32.2 Å². The summed E-state index contributed by atoms with van der Waals surface area (Å²) in [4.78, 5) is 31.2. The summed E-state index contributed by atoms with van der Waals surface area (Å²) in [5, 5.41) is 4.59. The van der Waals surface area contributed by atoms with E-state index in [1.807, 2.05) is 54.8 Å². The number of fused-ring (bicyclic) bond motifs is 1. The number of nitrogens with zero attached hydrogens (tertiary/aromatic N) is 4. The summed E-state index contributed by atoms with van der Waals surface area (Å²) in [6.45, 7) is 2.12. The highest BCUT2D eigenvalue weighted by molar-refractivity contribution is 6.31. The molecule has 9 heteroatoms. The number of benzene rings is 1. The van der Waals surface area contributed by atoms with E-state index in [0.29, 0.717) is 41.3 Å². The Bertz CT molecular complexity index is 1520. The number of pyridine rings is 1. The molecule has 40 heavy (non-hydrogen) atoms. The van der Waals surface area contributed by atoms with E-state index in [1.54, 1.807) is 23.4 Å². The Hall–Kier alpha value is -4.04. The Balaban J connectivity index is 1.33. The van der Waals surface area contributed by atoms with E-state index < -0.39 is 5.82 Å². The zero-order chi connectivity index (χ0) is 27.9. The second-order valence-corrected chi connectivity index (χ2v) is 10.4. The standard InChI is InChI=1S/C31H32ClFN6O/c1-2-3-11-23(17-24-12-7-8-15-39(24)28(40)14-13-21-9-5-4-6-10-21)37-31-27(33)20-36-30(38-31)26-19-35-29-25(26)16-22(32)18-34-29/h4-10,12,15-16,18-20,23-24H,2-3,11,13-14,17H2,1H3,(H,34,35)(H,36,37,38)/t23?,24-/m0/s1. The summed E-state index contributed by atoms with van der Waals surface area (Å²) in [6.07, 6.45) is 16.7.